The zero-order valence-corrected chi connectivity index (χ0v) is 14.8. The van der Waals surface area contributed by atoms with Gasteiger partial charge in [-0.15, -0.1) is 0 Å². The first-order valence-electron chi connectivity index (χ1n) is 7.91. The van der Waals surface area contributed by atoms with Gasteiger partial charge in [-0.2, -0.15) is 0 Å². The number of esters is 1. The third kappa shape index (κ3) is 4.83. The molecule has 136 valence electrons. The molecule has 0 atom stereocenters. The number of hydrogen-bond acceptors (Lipinski definition) is 5. The van der Waals surface area contributed by atoms with Crippen LogP contribution in [0.2, 0.25) is 0 Å². The number of urea groups is 1. The molecule has 3 N–H and O–H groups in total. The van der Waals surface area contributed by atoms with Crippen LogP contribution in [-0.2, 0) is 9.53 Å². The molecule has 2 aromatic rings. The van der Waals surface area contributed by atoms with Crippen molar-refractivity contribution in [1.82, 2.24) is 5.32 Å². The number of hydrogen-bond donors (Lipinski definition) is 3. The van der Waals surface area contributed by atoms with Crippen LogP contribution >= 0.6 is 0 Å². The predicted molar refractivity (Wildman–Crippen MR) is 96.2 cm³/mol. The zero-order chi connectivity index (χ0) is 19.3. The Morgan fingerprint density at radius 3 is 2.42 bits per heavy atom. The molecule has 3 amide bonds. The Hall–Kier alpha value is -3.35. The molecule has 2 rings (SSSR count). The average Bonchev–Trinajstić information content (AvgIpc) is 2.58. The molecule has 0 saturated heterocycles. The summed E-state index contributed by atoms with van der Waals surface area (Å²) in [5.41, 5.74) is 3.09. The molecule has 2 aromatic carbocycles. The van der Waals surface area contributed by atoms with Crippen LogP contribution in [0.3, 0.4) is 0 Å². The van der Waals surface area contributed by atoms with Gasteiger partial charge in [0.25, 0.3) is 5.91 Å². The molecular weight excluding hydrogens is 336 g/mol. The van der Waals surface area contributed by atoms with Crippen molar-refractivity contribution in [2.45, 2.75) is 20.8 Å². The SMILES string of the molecule is Cc1ccc(NC(=O)NC(=O)COC(=O)c2cccc(C)c2O)cc1C. The third-order valence-corrected chi connectivity index (χ3v) is 3.81. The number of carbonyl (C=O) groups excluding carboxylic acids is 3. The second kappa shape index (κ2) is 8.15. The van der Waals surface area contributed by atoms with Gasteiger partial charge in [0.2, 0.25) is 0 Å². The maximum absolute atomic E-state index is 11.9. The molecule has 0 fully saturated rings. The molecule has 0 bridgehead atoms. The van der Waals surface area contributed by atoms with E-state index in [0.29, 0.717) is 11.3 Å². The van der Waals surface area contributed by atoms with E-state index in [-0.39, 0.29) is 11.3 Å². The average molecular weight is 356 g/mol. The van der Waals surface area contributed by atoms with E-state index in [1.165, 1.54) is 6.07 Å². The number of phenols is 1. The summed E-state index contributed by atoms with van der Waals surface area (Å²) < 4.78 is 4.82. The molecule has 26 heavy (non-hydrogen) atoms. The molecule has 0 heterocycles. The van der Waals surface area contributed by atoms with Crippen LogP contribution in [0.15, 0.2) is 36.4 Å². The van der Waals surface area contributed by atoms with E-state index < -0.39 is 24.5 Å². The quantitative estimate of drug-likeness (QED) is 0.731. The highest BCUT2D eigenvalue weighted by Crippen LogP contribution is 2.22. The summed E-state index contributed by atoms with van der Waals surface area (Å²) in [7, 11) is 0. The van der Waals surface area contributed by atoms with E-state index in [0.717, 1.165) is 11.1 Å². The summed E-state index contributed by atoms with van der Waals surface area (Å²) in [6.07, 6.45) is 0. The number of para-hydroxylation sites is 1. The summed E-state index contributed by atoms with van der Waals surface area (Å²) in [6, 6.07) is 9.22. The molecule has 0 radical (unpaired) electrons. The number of amides is 3. The summed E-state index contributed by atoms with van der Waals surface area (Å²) >= 11 is 0. The van der Waals surface area contributed by atoms with Crippen molar-refractivity contribution in [3.63, 3.8) is 0 Å². The summed E-state index contributed by atoms with van der Waals surface area (Å²) in [6.45, 7) is 4.84. The number of imide groups is 1. The van der Waals surface area contributed by atoms with Gasteiger partial charge in [0.05, 0.1) is 0 Å². The van der Waals surface area contributed by atoms with Gasteiger partial charge in [-0.3, -0.25) is 10.1 Å². The molecule has 0 saturated carbocycles. The second-order valence-electron chi connectivity index (χ2n) is 5.85. The lowest BCUT2D eigenvalue weighted by atomic mass is 10.1. The van der Waals surface area contributed by atoms with Crippen LogP contribution in [0.1, 0.15) is 27.0 Å². The van der Waals surface area contributed by atoms with Crippen LogP contribution in [-0.4, -0.2) is 29.6 Å². The Morgan fingerprint density at radius 1 is 1.00 bits per heavy atom. The number of rotatable bonds is 4. The minimum absolute atomic E-state index is 0.0441. The fourth-order valence-corrected chi connectivity index (χ4v) is 2.18. The Morgan fingerprint density at radius 2 is 1.73 bits per heavy atom. The molecule has 0 unspecified atom stereocenters. The Kier molecular flexibility index (Phi) is 5.95. The first-order valence-corrected chi connectivity index (χ1v) is 7.91. The largest absolute Gasteiger partial charge is 0.507 e. The zero-order valence-electron chi connectivity index (χ0n) is 14.8. The highest BCUT2D eigenvalue weighted by Gasteiger charge is 2.16. The van der Waals surface area contributed by atoms with Crippen LogP contribution in [0.5, 0.6) is 5.75 Å². The van der Waals surface area contributed by atoms with Crippen molar-refractivity contribution in [2.24, 2.45) is 0 Å². The molecule has 0 aliphatic carbocycles. The lowest BCUT2D eigenvalue weighted by Crippen LogP contribution is -2.37. The molecule has 0 aliphatic heterocycles. The number of anilines is 1. The molecule has 0 aliphatic rings. The summed E-state index contributed by atoms with van der Waals surface area (Å²) in [5, 5.41) is 14.4. The van der Waals surface area contributed by atoms with Crippen molar-refractivity contribution < 1.29 is 24.2 Å². The summed E-state index contributed by atoms with van der Waals surface area (Å²) in [5.74, 6) is -1.84. The first-order chi connectivity index (χ1) is 12.3. The van der Waals surface area contributed by atoms with Gasteiger partial charge < -0.3 is 15.2 Å². The predicted octanol–water partition coefficient (Wildman–Crippen LogP) is 2.82. The van der Waals surface area contributed by atoms with Crippen molar-refractivity contribution in [3.8, 4) is 5.75 Å². The van der Waals surface area contributed by atoms with Gasteiger partial charge in [-0.05, 0) is 55.7 Å². The van der Waals surface area contributed by atoms with Crippen LogP contribution < -0.4 is 10.6 Å². The maximum atomic E-state index is 11.9. The number of phenolic OH excluding ortho intramolecular Hbond substituents is 1. The maximum Gasteiger partial charge on any atom is 0.342 e. The van der Waals surface area contributed by atoms with E-state index in [4.69, 9.17) is 4.74 Å². The van der Waals surface area contributed by atoms with Gasteiger partial charge in [-0.1, -0.05) is 18.2 Å². The highest BCUT2D eigenvalue weighted by atomic mass is 16.5. The van der Waals surface area contributed by atoms with Gasteiger partial charge >= 0.3 is 12.0 Å². The number of aryl methyl sites for hydroxylation is 3. The Labute approximate surface area is 151 Å². The van der Waals surface area contributed by atoms with Crippen molar-refractivity contribution in [3.05, 3.63) is 58.7 Å². The normalized spacial score (nSPS) is 10.1. The number of benzene rings is 2. The number of ether oxygens (including phenoxy) is 1. The molecular formula is C19H20N2O5. The molecule has 7 nitrogen and oxygen atoms in total. The van der Waals surface area contributed by atoms with Crippen molar-refractivity contribution >= 4 is 23.6 Å². The van der Waals surface area contributed by atoms with Gasteiger partial charge in [-0.25, -0.2) is 9.59 Å². The highest BCUT2D eigenvalue weighted by molar-refractivity contribution is 6.02. The smallest absolute Gasteiger partial charge is 0.342 e. The topological polar surface area (TPSA) is 105 Å². The number of carbonyl (C=O) groups is 3. The van der Waals surface area contributed by atoms with Crippen LogP contribution in [0.4, 0.5) is 10.5 Å². The fourth-order valence-electron chi connectivity index (χ4n) is 2.18. The molecule has 0 aromatic heterocycles. The Balaban J connectivity index is 1.86. The second-order valence-corrected chi connectivity index (χ2v) is 5.85. The minimum atomic E-state index is -0.851. The van der Waals surface area contributed by atoms with E-state index in [1.54, 1.807) is 31.2 Å². The van der Waals surface area contributed by atoms with Gasteiger partial charge in [0.15, 0.2) is 6.61 Å². The molecule has 0 spiro atoms. The van der Waals surface area contributed by atoms with E-state index in [9.17, 15) is 19.5 Å². The Bertz CT molecular complexity index is 861. The van der Waals surface area contributed by atoms with E-state index in [1.807, 2.05) is 19.9 Å². The fraction of sp³-hybridized carbons (Fsp3) is 0.211. The lowest BCUT2D eigenvalue weighted by Gasteiger charge is -2.10. The van der Waals surface area contributed by atoms with Crippen LogP contribution in [0, 0.1) is 20.8 Å². The van der Waals surface area contributed by atoms with E-state index in [2.05, 4.69) is 10.6 Å². The lowest BCUT2D eigenvalue weighted by molar-refractivity contribution is -0.123. The van der Waals surface area contributed by atoms with Crippen LogP contribution in [0.25, 0.3) is 0 Å². The van der Waals surface area contributed by atoms with Gasteiger partial charge in [0.1, 0.15) is 11.3 Å². The first kappa shape index (κ1) is 19.0. The van der Waals surface area contributed by atoms with Crippen molar-refractivity contribution in [1.29, 1.82) is 0 Å². The number of nitrogens with one attached hydrogen (secondary N) is 2. The van der Waals surface area contributed by atoms with Gasteiger partial charge in [0, 0.05) is 5.69 Å². The third-order valence-electron chi connectivity index (χ3n) is 3.81. The standard InChI is InChI=1S/C19H20N2O5/c1-11-7-8-14(9-13(11)3)20-19(25)21-16(22)10-26-18(24)15-6-4-5-12(2)17(15)23/h4-9,23H,10H2,1-3H3,(H2,20,21,22,25). The van der Waals surface area contributed by atoms with Crippen molar-refractivity contribution in [2.75, 3.05) is 11.9 Å². The molecule has 7 heteroatoms. The monoisotopic (exact) mass is 356 g/mol. The summed E-state index contributed by atoms with van der Waals surface area (Å²) in [4.78, 5) is 35.5. The minimum Gasteiger partial charge on any atom is -0.507 e. The number of aromatic hydroxyl groups is 1. The van der Waals surface area contributed by atoms with E-state index >= 15 is 0 Å².